The fourth-order valence-corrected chi connectivity index (χ4v) is 5.82. The summed E-state index contributed by atoms with van der Waals surface area (Å²) in [5.74, 6) is 1.41. The van der Waals surface area contributed by atoms with Crippen LogP contribution in [0.3, 0.4) is 0 Å². The lowest BCUT2D eigenvalue weighted by Gasteiger charge is -2.52. The summed E-state index contributed by atoms with van der Waals surface area (Å²) < 4.78 is 5.41. The molecule has 4 aliphatic rings. The average molecular weight is 413 g/mol. The van der Waals surface area contributed by atoms with E-state index < -0.39 is 0 Å². The standard InChI is InChI=1S/C23H32N4O3/c28-22(24-19-4-6-20(7-5-19)26-8-10-30-11-9-26)16-25-13-17-12-18(15-25)21-2-1-3-23(29)27(21)14-17/h4-7,17-18,21H,1-3,8-16H2,(H,24,28)/t17?,18?,21-/m1/s1. The Labute approximate surface area is 178 Å². The van der Waals surface area contributed by atoms with Gasteiger partial charge in [-0.25, -0.2) is 0 Å². The molecule has 7 nitrogen and oxygen atoms in total. The molecule has 0 radical (unpaired) electrons. The summed E-state index contributed by atoms with van der Waals surface area (Å²) in [5, 5.41) is 3.06. The zero-order valence-electron chi connectivity index (χ0n) is 17.6. The van der Waals surface area contributed by atoms with Crippen LogP contribution < -0.4 is 10.2 Å². The van der Waals surface area contributed by atoms with Crippen LogP contribution in [0.2, 0.25) is 0 Å². The Morgan fingerprint density at radius 1 is 1.10 bits per heavy atom. The Morgan fingerprint density at radius 3 is 2.70 bits per heavy atom. The second kappa shape index (κ2) is 8.55. The molecule has 1 aromatic rings. The highest BCUT2D eigenvalue weighted by Gasteiger charge is 2.44. The predicted molar refractivity (Wildman–Crippen MR) is 115 cm³/mol. The van der Waals surface area contributed by atoms with Crippen LogP contribution in [0.1, 0.15) is 25.7 Å². The van der Waals surface area contributed by atoms with E-state index in [-0.39, 0.29) is 5.91 Å². The Kier molecular flexibility index (Phi) is 5.65. The normalized spacial score (nSPS) is 29.5. The number of fused-ring (bicyclic) bond motifs is 4. The highest BCUT2D eigenvalue weighted by molar-refractivity contribution is 5.92. The summed E-state index contributed by atoms with van der Waals surface area (Å²) in [5.41, 5.74) is 2.02. The van der Waals surface area contributed by atoms with Crippen LogP contribution in [0.25, 0.3) is 0 Å². The second-order valence-corrected chi connectivity index (χ2v) is 9.26. The van der Waals surface area contributed by atoms with E-state index >= 15 is 0 Å². The molecule has 0 spiro atoms. The maximum absolute atomic E-state index is 12.7. The topological polar surface area (TPSA) is 65.1 Å². The van der Waals surface area contributed by atoms with E-state index in [1.807, 2.05) is 12.1 Å². The molecule has 30 heavy (non-hydrogen) atoms. The fourth-order valence-electron chi connectivity index (χ4n) is 5.82. The third-order valence-electron chi connectivity index (χ3n) is 7.15. The quantitative estimate of drug-likeness (QED) is 0.817. The van der Waals surface area contributed by atoms with Crippen LogP contribution in [-0.4, -0.2) is 80.1 Å². The molecule has 1 aromatic carbocycles. The van der Waals surface area contributed by atoms with Crippen LogP contribution in [0.5, 0.6) is 0 Å². The van der Waals surface area contributed by atoms with E-state index in [2.05, 4.69) is 32.1 Å². The van der Waals surface area contributed by atoms with Crippen LogP contribution >= 0.6 is 0 Å². The van der Waals surface area contributed by atoms with Gasteiger partial charge in [0.25, 0.3) is 0 Å². The summed E-state index contributed by atoms with van der Waals surface area (Å²) in [6.07, 6.45) is 4.06. The van der Waals surface area contributed by atoms with Gasteiger partial charge in [0.1, 0.15) is 0 Å². The average Bonchev–Trinajstić information content (AvgIpc) is 2.76. The Balaban J connectivity index is 1.15. The van der Waals surface area contributed by atoms with Gasteiger partial charge in [-0.3, -0.25) is 14.5 Å². The lowest BCUT2D eigenvalue weighted by molar-refractivity contribution is -0.145. The zero-order chi connectivity index (χ0) is 20.5. The first-order valence-corrected chi connectivity index (χ1v) is 11.4. The van der Waals surface area contributed by atoms with Crippen molar-refractivity contribution in [2.24, 2.45) is 11.8 Å². The smallest absolute Gasteiger partial charge is 0.238 e. The molecule has 4 saturated heterocycles. The zero-order valence-corrected chi connectivity index (χ0v) is 17.6. The van der Waals surface area contributed by atoms with Gasteiger partial charge >= 0.3 is 0 Å². The van der Waals surface area contributed by atoms with E-state index in [0.717, 1.165) is 64.5 Å². The number of amides is 2. The van der Waals surface area contributed by atoms with Gasteiger partial charge < -0.3 is 19.9 Å². The lowest BCUT2D eigenvalue weighted by Crippen LogP contribution is -2.61. The highest BCUT2D eigenvalue weighted by Crippen LogP contribution is 2.37. The van der Waals surface area contributed by atoms with Crippen molar-refractivity contribution in [3.8, 4) is 0 Å². The number of likely N-dealkylation sites (tertiary alicyclic amines) is 1. The van der Waals surface area contributed by atoms with Crippen molar-refractivity contribution >= 4 is 23.2 Å². The summed E-state index contributed by atoms with van der Waals surface area (Å²) in [6, 6.07) is 8.50. The number of nitrogens with one attached hydrogen (secondary N) is 1. The van der Waals surface area contributed by atoms with Crippen LogP contribution in [-0.2, 0) is 14.3 Å². The molecule has 3 atom stereocenters. The molecule has 1 N–H and O–H groups in total. The lowest BCUT2D eigenvalue weighted by atomic mass is 9.76. The largest absolute Gasteiger partial charge is 0.378 e. The van der Waals surface area contributed by atoms with Gasteiger partial charge in [-0.2, -0.15) is 0 Å². The maximum Gasteiger partial charge on any atom is 0.238 e. The van der Waals surface area contributed by atoms with Crippen LogP contribution in [0, 0.1) is 11.8 Å². The van der Waals surface area contributed by atoms with Gasteiger partial charge in [-0.15, -0.1) is 0 Å². The first-order valence-electron chi connectivity index (χ1n) is 11.4. The molecule has 0 aromatic heterocycles. The Hall–Kier alpha value is -2.12. The molecular formula is C23H32N4O3. The van der Waals surface area contributed by atoms with Crippen molar-refractivity contribution in [3.63, 3.8) is 0 Å². The number of anilines is 2. The number of carbonyl (C=O) groups excluding carboxylic acids is 2. The van der Waals surface area contributed by atoms with Crippen LogP contribution in [0.4, 0.5) is 11.4 Å². The number of ether oxygens (including phenoxy) is 1. The van der Waals surface area contributed by atoms with E-state index in [1.165, 1.54) is 12.1 Å². The molecule has 162 valence electrons. The monoisotopic (exact) mass is 412 g/mol. The minimum atomic E-state index is 0.0469. The summed E-state index contributed by atoms with van der Waals surface area (Å²) >= 11 is 0. The number of hydrogen-bond acceptors (Lipinski definition) is 5. The molecule has 2 unspecified atom stereocenters. The van der Waals surface area contributed by atoms with Gasteiger partial charge in [0.05, 0.1) is 19.8 Å². The van der Waals surface area contributed by atoms with Crippen molar-refractivity contribution in [1.82, 2.24) is 9.80 Å². The first kappa shape index (κ1) is 19.8. The number of hydrogen-bond donors (Lipinski definition) is 1. The second-order valence-electron chi connectivity index (χ2n) is 9.26. The van der Waals surface area contributed by atoms with Crippen molar-refractivity contribution in [1.29, 1.82) is 0 Å². The number of piperidine rings is 3. The minimum absolute atomic E-state index is 0.0469. The molecule has 2 amide bonds. The third kappa shape index (κ3) is 4.18. The van der Waals surface area contributed by atoms with Gasteiger partial charge in [0, 0.05) is 56.6 Å². The number of rotatable bonds is 4. The van der Waals surface area contributed by atoms with Crippen molar-refractivity contribution in [3.05, 3.63) is 24.3 Å². The summed E-state index contributed by atoms with van der Waals surface area (Å²) in [6.45, 7) is 6.50. The van der Waals surface area contributed by atoms with Crippen molar-refractivity contribution in [2.45, 2.75) is 31.7 Å². The first-order chi connectivity index (χ1) is 14.7. The van der Waals surface area contributed by atoms with Crippen molar-refractivity contribution in [2.75, 3.05) is 62.7 Å². The van der Waals surface area contributed by atoms with E-state index in [0.29, 0.717) is 36.8 Å². The number of carbonyl (C=O) groups is 2. The molecular weight excluding hydrogens is 380 g/mol. The van der Waals surface area contributed by atoms with E-state index in [4.69, 9.17) is 4.74 Å². The summed E-state index contributed by atoms with van der Waals surface area (Å²) in [7, 11) is 0. The third-order valence-corrected chi connectivity index (χ3v) is 7.15. The van der Waals surface area contributed by atoms with Crippen molar-refractivity contribution < 1.29 is 14.3 Å². The molecule has 7 heteroatoms. The molecule has 0 saturated carbocycles. The maximum atomic E-state index is 12.7. The SMILES string of the molecule is O=C(CN1CC2CC(C1)[C@H]1CCCC(=O)N1C2)Nc1ccc(N2CCOCC2)cc1. The molecule has 4 aliphatic heterocycles. The van der Waals surface area contributed by atoms with Gasteiger partial charge in [0.15, 0.2) is 0 Å². The molecule has 4 fully saturated rings. The van der Waals surface area contributed by atoms with E-state index in [1.54, 1.807) is 0 Å². The molecule has 0 aliphatic carbocycles. The van der Waals surface area contributed by atoms with Gasteiger partial charge in [-0.1, -0.05) is 0 Å². The highest BCUT2D eigenvalue weighted by atomic mass is 16.5. The van der Waals surface area contributed by atoms with Crippen LogP contribution in [0.15, 0.2) is 24.3 Å². The van der Waals surface area contributed by atoms with Gasteiger partial charge in [0.2, 0.25) is 11.8 Å². The fraction of sp³-hybridized carbons (Fsp3) is 0.652. The number of benzene rings is 1. The predicted octanol–water partition coefficient (Wildman–Crippen LogP) is 1.79. The number of nitrogens with zero attached hydrogens (tertiary/aromatic N) is 3. The summed E-state index contributed by atoms with van der Waals surface area (Å²) in [4.78, 5) is 31.7. The Bertz CT molecular complexity index is 777. The number of morpholine rings is 1. The van der Waals surface area contributed by atoms with E-state index in [9.17, 15) is 9.59 Å². The minimum Gasteiger partial charge on any atom is -0.378 e. The van der Waals surface area contributed by atoms with Gasteiger partial charge in [-0.05, 0) is 55.4 Å². The molecule has 2 bridgehead atoms. The Morgan fingerprint density at radius 2 is 1.90 bits per heavy atom. The molecule has 4 heterocycles. The molecule has 5 rings (SSSR count).